The summed E-state index contributed by atoms with van der Waals surface area (Å²) in [4.78, 5) is 15.1. The number of hydrogen-bond donors (Lipinski definition) is 2. The minimum atomic E-state index is -0.819. The average Bonchev–Trinajstić information content (AvgIpc) is 2.16. The van der Waals surface area contributed by atoms with Crippen molar-refractivity contribution in [1.82, 2.24) is 5.48 Å². The molecule has 3 N–H and O–H groups in total. The zero-order valence-corrected chi connectivity index (χ0v) is 5.05. The maximum absolute atomic E-state index is 10.6. The van der Waals surface area contributed by atoms with Gasteiger partial charge in [0.25, 0.3) is 0 Å². The fourth-order valence-corrected chi connectivity index (χ4v) is 0.493. The van der Waals surface area contributed by atoms with Gasteiger partial charge < -0.3 is 10.6 Å². The van der Waals surface area contributed by atoms with Crippen LogP contribution < -0.4 is 11.2 Å². The summed E-state index contributed by atoms with van der Waals surface area (Å²) in [5, 5.41) is 0. The zero-order chi connectivity index (χ0) is 6.91. The van der Waals surface area contributed by atoms with Gasteiger partial charge in [0, 0.05) is 0 Å². The first kappa shape index (κ1) is 6.10. The van der Waals surface area contributed by atoms with Crippen molar-refractivity contribution >= 4 is 5.91 Å². The number of hydroxylamine groups is 1. The molecule has 0 spiro atoms. The molecule has 1 aliphatic rings. The normalized spacial score (nSPS) is 32.1. The lowest BCUT2D eigenvalue weighted by Gasteiger charge is -2.14. The summed E-state index contributed by atoms with van der Waals surface area (Å²) in [5.74, 6) is -0.448. The second-order valence-corrected chi connectivity index (χ2v) is 2.09. The van der Waals surface area contributed by atoms with Crippen LogP contribution in [0.25, 0.3) is 0 Å². The molecular weight excluding hydrogens is 120 g/mol. The van der Waals surface area contributed by atoms with Crippen LogP contribution in [0.3, 0.4) is 0 Å². The molecule has 0 saturated carbocycles. The van der Waals surface area contributed by atoms with Crippen LogP contribution in [-0.4, -0.2) is 11.4 Å². The summed E-state index contributed by atoms with van der Waals surface area (Å²) >= 11 is 0. The third-order valence-electron chi connectivity index (χ3n) is 1.25. The molecule has 1 aliphatic heterocycles. The topological polar surface area (TPSA) is 64.4 Å². The van der Waals surface area contributed by atoms with Crippen molar-refractivity contribution in [2.45, 2.75) is 12.5 Å². The predicted molar refractivity (Wildman–Crippen MR) is 31.0 cm³/mol. The van der Waals surface area contributed by atoms with Crippen LogP contribution in [0.15, 0.2) is 12.3 Å². The average molecular weight is 128 g/mol. The third-order valence-corrected chi connectivity index (χ3v) is 1.25. The summed E-state index contributed by atoms with van der Waals surface area (Å²) < 4.78 is 0. The molecule has 1 heterocycles. The third kappa shape index (κ3) is 0.882. The Labute approximate surface area is 52.6 Å². The van der Waals surface area contributed by atoms with Crippen molar-refractivity contribution < 1.29 is 9.63 Å². The first-order chi connectivity index (χ1) is 4.15. The number of amides is 1. The molecule has 50 valence electrons. The van der Waals surface area contributed by atoms with Gasteiger partial charge in [-0.3, -0.25) is 4.79 Å². The molecule has 1 rings (SSSR count). The van der Waals surface area contributed by atoms with Crippen molar-refractivity contribution in [3.05, 3.63) is 12.3 Å². The van der Waals surface area contributed by atoms with Crippen LogP contribution >= 0.6 is 0 Å². The van der Waals surface area contributed by atoms with E-state index in [0.717, 1.165) is 0 Å². The second-order valence-electron chi connectivity index (χ2n) is 2.09. The molecule has 0 aromatic carbocycles. The monoisotopic (exact) mass is 128 g/mol. The zero-order valence-electron chi connectivity index (χ0n) is 5.05. The van der Waals surface area contributed by atoms with Gasteiger partial charge >= 0.3 is 0 Å². The molecule has 0 aromatic rings. The summed E-state index contributed by atoms with van der Waals surface area (Å²) in [6.45, 7) is 1.64. The molecule has 0 bridgehead atoms. The Bertz CT molecular complexity index is 166. The highest BCUT2D eigenvalue weighted by atomic mass is 16.6. The number of carbonyl (C=O) groups excluding carboxylic acids is 1. The molecular formula is C5H8N2O2. The quantitative estimate of drug-likeness (QED) is 0.489. The first-order valence-corrected chi connectivity index (χ1v) is 2.55. The standard InChI is InChI=1S/C5H8N2O2/c1-5(4(6)8)2-3-9-7-5/h2-3,7H,1H3,(H2,6,8). The lowest BCUT2D eigenvalue weighted by molar-refractivity contribution is -0.124. The van der Waals surface area contributed by atoms with E-state index in [9.17, 15) is 4.79 Å². The van der Waals surface area contributed by atoms with E-state index in [1.165, 1.54) is 6.26 Å². The SMILES string of the molecule is CC1(C(N)=O)C=CON1. The van der Waals surface area contributed by atoms with Crippen LogP contribution in [0.2, 0.25) is 0 Å². The number of rotatable bonds is 1. The van der Waals surface area contributed by atoms with E-state index in [1.54, 1.807) is 13.0 Å². The van der Waals surface area contributed by atoms with Crippen LogP contribution in [-0.2, 0) is 9.63 Å². The van der Waals surface area contributed by atoms with E-state index in [4.69, 9.17) is 5.73 Å². The Morgan fingerprint density at radius 1 is 1.89 bits per heavy atom. The molecule has 1 amide bonds. The lowest BCUT2D eigenvalue weighted by Crippen LogP contribution is -2.48. The summed E-state index contributed by atoms with van der Waals surface area (Å²) in [6.07, 6.45) is 2.96. The molecule has 0 aliphatic carbocycles. The minimum Gasteiger partial charge on any atom is -0.415 e. The number of carbonyl (C=O) groups is 1. The molecule has 0 aromatic heterocycles. The van der Waals surface area contributed by atoms with E-state index in [-0.39, 0.29) is 0 Å². The number of nitrogens with two attached hydrogens (primary N) is 1. The highest BCUT2D eigenvalue weighted by Gasteiger charge is 2.31. The van der Waals surface area contributed by atoms with Crippen LogP contribution in [0, 0.1) is 0 Å². The molecule has 0 radical (unpaired) electrons. The van der Waals surface area contributed by atoms with Gasteiger partial charge in [0.1, 0.15) is 6.26 Å². The van der Waals surface area contributed by atoms with Crippen molar-refractivity contribution in [3.63, 3.8) is 0 Å². The van der Waals surface area contributed by atoms with Gasteiger partial charge in [0.15, 0.2) is 5.54 Å². The highest BCUT2D eigenvalue weighted by molar-refractivity contribution is 5.86. The van der Waals surface area contributed by atoms with Crippen molar-refractivity contribution in [3.8, 4) is 0 Å². The van der Waals surface area contributed by atoms with Crippen molar-refractivity contribution in [1.29, 1.82) is 0 Å². The largest absolute Gasteiger partial charge is 0.415 e. The Balaban J connectivity index is 2.74. The maximum Gasteiger partial charge on any atom is 0.244 e. The Hall–Kier alpha value is -1.03. The number of nitrogens with one attached hydrogen (secondary N) is 1. The van der Waals surface area contributed by atoms with Gasteiger partial charge in [-0.05, 0) is 13.0 Å². The van der Waals surface area contributed by atoms with E-state index in [2.05, 4.69) is 10.3 Å². The van der Waals surface area contributed by atoms with Crippen molar-refractivity contribution in [2.75, 3.05) is 0 Å². The van der Waals surface area contributed by atoms with E-state index < -0.39 is 11.4 Å². The lowest BCUT2D eigenvalue weighted by atomic mass is 10.0. The van der Waals surface area contributed by atoms with E-state index >= 15 is 0 Å². The molecule has 4 heteroatoms. The summed E-state index contributed by atoms with van der Waals surface area (Å²) in [6, 6.07) is 0. The Morgan fingerprint density at radius 3 is 2.78 bits per heavy atom. The van der Waals surface area contributed by atoms with Crippen molar-refractivity contribution in [2.24, 2.45) is 5.73 Å². The fourth-order valence-electron chi connectivity index (χ4n) is 0.493. The number of primary amides is 1. The Kier molecular flexibility index (Phi) is 1.17. The van der Waals surface area contributed by atoms with Crippen LogP contribution in [0.1, 0.15) is 6.92 Å². The van der Waals surface area contributed by atoms with Gasteiger partial charge in [-0.15, -0.1) is 5.48 Å². The van der Waals surface area contributed by atoms with Crippen LogP contribution in [0.4, 0.5) is 0 Å². The molecule has 0 fully saturated rings. The summed E-state index contributed by atoms with van der Waals surface area (Å²) in [5.41, 5.74) is 6.63. The van der Waals surface area contributed by atoms with E-state index in [0.29, 0.717) is 0 Å². The van der Waals surface area contributed by atoms with E-state index in [1.807, 2.05) is 0 Å². The molecule has 1 unspecified atom stereocenters. The first-order valence-electron chi connectivity index (χ1n) is 2.55. The molecule has 4 nitrogen and oxygen atoms in total. The van der Waals surface area contributed by atoms with Gasteiger partial charge in [0.2, 0.25) is 5.91 Å². The number of hydrogen-bond acceptors (Lipinski definition) is 3. The summed E-state index contributed by atoms with van der Waals surface area (Å²) in [7, 11) is 0. The van der Waals surface area contributed by atoms with Crippen LogP contribution in [0.5, 0.6) is 0 Å². The molecule has 1 atom stereocenters. The van der Waals surface area contributed by atoms with Gasteiger partial charge in [-0.1, -0.05) is 0 Å². The maximum atomic E-state index is 10.6. The smallest absolute Gasteiger partial charge is 0.244 e. The second kappa shape index (κ2) is 1.73. The predicted octanol–water partition coefficient (Wildman–Crippen LogP) is -0.721. The Morgan fingerprint density at radius 2 is 2.56 bits per heavy atom. The highest BCUT2D eigenvalue weighted by Crippen LogP contribution is 2.09. The van der Waals surface area contributed by atoms with Gasteiger partial charge in [0.05, 0.1) is 0 Å². The molecule has 0 saturated heterocycles. The minimum absolute atomic E-state index is 0.448. The molecule has 9 heavy (non-hydrogen) atoms. The fraction of sp³-hybridized carbons (Fsp3) is 0.400. The van der Waals surface area contributed by atoms with Gasteiger partial charge in [-0.2, -0.15) is 0 Å². The van der Waals surface area contributed by atoms with Gasteiger partial charge in [-0.25, -0.2) is 0 Å².